The Bertz CT molecular complexity index is 1430. The van der Waals surface area contributed by atoms with Gasteiger partial charge in [-0.3, -0.25) is 13.9 Å². The predicted molar refractivity (Wildman–Crippen MR) is 162 cm³/mol. The van der Waals surface area contributed by atoms with Crippen LogP contribution in [-0.2, 0) is 32.6 Å². The van der Waals surface area contributed by atoms with E-state index >= 15 is 0 Å². The molecule has 10 heteroatoms. The number of benzene rings is 3. The van der Waals surface area contributed by atoms with Crippen molar-refractivity contribution in [3.63, 3.8) is 0 Å². The molecule has 0 heterocycles. The molecule has 1 N–H and O–H groups in total. The Morgan fingerprint density at radius 2 is 1.60 bits per heavy atom. The SMILES string of the molecule is CC[C@H](C)NC(=O)[C@H](Cc1ccccc1)N(Cc1cccc(Cl)c1)C(=O)CN(c1cccc(Cl)c1C)S(C)(=O)=O. The standard InChI is InChI=1S/C30H35Cl2N3O4S/c1-5-21(2)33-30(37)28(18-23-11-7-6-8-12-23)34(19-24-13-9-14-25(31)17-24)29(36)20-35(40(4,38)39)27-16-10-15-26(32)22(27)3/h6-17,21,28H,5,18-20H2,1-4H3,(H,33,37)/t21-,28-/m0/s1. The fraction of sp³-hybridized carbons (Fsp3) is 0.333. The lowest BCUT2D eigenvalue weighted by Gasteiger charge is -2.34. The van der Waals surface area contributed by atoms with E-state index in [0.717, 1.165) is 16.1 Å². The summed E-state index contributed by atoms with van der Waals surface area (Å²) >= 11 is 12.5. The molecule has 2 atom stereocenters. The van der Waals surface area contributed by atoms with Gasteiger partial charge in [0, 0.05) is 29.1 Å². The predicted octanol–water partition coefficient (Wildman–Crippen LogP) is 5.62. The minimum Gasteiger partial charge on any atom is -0.352 e. The molecule has 3 rings (SSSR count). The second kappa shape index (κ2) is 14.0. The molecule has 0 unspecified atom stereocenters. The van der Waals surface area contributed by atoms with Crippen molar-refractivity contribution < 1.29 is 18.0 Å². The number of rotatable bonds is 12. The number of nitrogens with zero attached hydrogens (tertiary/aromatic N) is 2. The van der Waals surface area contributed by atoms with E-state index in [1.807, 2.05) is 50.2 Å². The molecular formula is C30H35Cl2N3O4S. The number of nitrogens with one attached hydrogen (secondary N) is 1. The summed E-state index contributed by atoms with van der Waals surface area (Å²) in [4.78, 5) is 29.3. The smallest absolute Gasteiger partial charge is 0.244 e. The second-order valence-electron chi connectivity index (χ2n) is 9.83. The molecule has 0 bridgehead atoms. The molecule has 0 aromatic heterocycles. The van der Waals surface area contributed by atoms with Gasteiger partial charge in [-0.15, -0.1) is 0 Å². The third-order valence-electron chi connectivity index (χ3n) is 6.70. The number of anilines is 1. The van der Waals surface area contributed by atoms with Gasteiger partial charge in [0.25, 0.3) is 0 Å². The van der Waals surface area contributed by atoms with E-state index in [1.165, 1.54) is 4.90 Å². The van der Waals surface area contributed by atoms with Gasteiger partial charge in [-0.1, -0.05) is 78.7 Å². The molecular weight excluding hydrogens is 569 g/mol. The number of amides is 2. The number of sulfonamides is 1. The van der Waals surface area contributed by atoms with Gasteiger partial charge in [0.2, 0.25) is 21.8 Å². The summed E-state index contributed by atoms with van der Waals surface area (Å²) in [7, 11) is -3.89. The first-order chi connectivity index (χ1) is 18.9. The maximum atomic E-state index is 14.1. The van der Waals surface area contributed by atoms with Gasteiger partial charge in [0.1, 0.15) is 12.6 Å². The van der Waals surface area contributed by atoms with Crippen LogP contribution >= 0.6 is 23.2 Å². The average molecular weight is 605 g/mol. The lowest BCUT2D eigenvalue weighted by atomic mass is 10.0. The largest absolute Gasteiger partial charge is 0.352 e. The molecule has 3 aromatic carbocycles. The van der Waals surface area contributed by atoms with Crippen LogP contribution in [0.4, 0.5) is 5.69 Å². The van der Waals surface area contributed by atoms with Crippen molar-refractivity contribution >= 4 is 50.7 Å². The van der Waals surface area contributed by atoms with Crippen LogP contribution in [-0.4, -0.2) is 50.0 Å². The van der Waals surface area contributed by atoms with E-state index in [1.54, 1.807) is 43.3 Å². The second-order valence-corrected chi connectivity index (χ2v) is 12.6. The zero-order chi connectivity index (χ0) is 29.4. The summed E-state index contributed by atoms with van der Waals surface area (Å²) in [5, 5.41) is 3.87. The summed E-state index contributed by atoms with van der Waals surface area (Å²) in [5.74, 6) is -0.858. The Kier molecular flexibility index (Phi) is 11.0. The number of carbonyl (C=O) groups excluding carboxylic acids is 2. The first-order valence-corrected chi connectivity index (χ1v) is 15.6. The van der Waals surface area contributed by atoms with E-state index in [9.17, 15) is 18.0 Å². The molecule has 0 saturated heterocycles. The van der Waals surface area contributed by atoms with Crippen molar-refractivity contribution in [1.82, 2.24) is 10.2 Å². The molecule has 0 saturated carbocycles. The van der Waals surface area contributed by atoms with Gasteiger partial charge in [-0.05, 0) is 61.2 Å². The highest BCUT2D eigenvalue weighted by molar-refractivity contribution is 7.92. The summed E-state index contributed by atoms with van der Waals surface area (Å²) in [6, 6.07) is 20.3. The highest BCUT2D eigenvalue weighted by Gasteiger charge is 2.33. The minimum absolute atomic E-state index is 0.0525. The fourth-order valence-corrected chi connectivity index (χ4v) is 5.57. The van der Waals surface area contributed by atoms with Crippen molar-refractivity contribution in [2.75, 3.05) is 17.1 Å². The summed E-state index contributed by atoms with van der Waals surface area (Å²) in [5.41, 5.74) is 2.40. The Morgan fingerprint density at radius 1 is 0.950 bits per heavy atom. The molecule has 214 valence electrons. The van der Waals surface area contributed by atoms with E-state index in [0.29, 0.717) is 33.3 Å². The van der Waals surface area contributed by atoms with Crippen molar-refractivity contribution in [1.29, 1.82) is 0 Å². The average Bonchev–Trinajstić information content (AvgIpc) is 2.90. The first kappa shape index (κ1) is 31.5. The van der Waals surface area contributed by atoms with Gasteiger partial charge in [0.15, 0.2) is 0 Å². The van der Waals surface area contributed by atoms with Gasteiger partial charge in [0.05, 0.1) is 11.9 Å². The van der Waals surface area contributed by atoms with Crippen LogP contribution in [0.25, 0.3) is 0 Å². The van der Waals surface area contributed by atoms with Crippen molar-refractivity contribution in [2.24, 2.45) is 0 Å². The van der Waals surface area contributed by atoms with Crippen LogP contribution in [0, 0.1) is 6.92 Å². The molecule has 40 heavy (non-hydrogen) atoms. The maximum absolute atomic E-state index is 14.1. The van der Waals surface area contributed by atoms with E-state index in [2.05, 4.69) is 5.32 Å². The Balaban J connectivity index is 2.09. The Morgan fingerprint density at radius 3 is 2.23 bits per heavy atom. The van der Waals surface area contributed by atoms with Crippen LogP contribution in [0.2, 0.25) is 10.0 Å². The summed E-state index contributed by atoms with van der Waals surface area (Å²) < 4.78 is 26.9. The number of hydrogen-bond donors (Lipinski definition) is 1. The normalized spacial score (nSPS) is 12.8. The molecule has 0 aliphatic rings. The van der Waals surface area contributed by atoms with Gasteiger partial charge in [-0.25, -0.2) is 8.42 Å². The maximum Gasteiger partial charge on any atom is 0.244 e. The molecule has 0 fully saturated rings. The zero-order valence-electron chi connectivity index (χ0n) is 23.1. The number of carbonyl (C=O) groups is 2. The van der Waals surface area contributed by atoms with Crippen molar-refractivity contribution in [3.05, 3.63) is 99.5 Å². The molecule has 3 aromatic rings. The highest BCUT2D eigenvalue weighted by Crippen LogP contribution is 2.29. The topological polar surface area (TPSA) is 86.8 Å². The van der Waals surface area contributed by atoms with Crippen LogP contribution < -0.4 is 9.62 Å². The molecule has 0 radical (unpaired) electrons. The monoisotopic (exact) mass is 603 g/mol. The van der Waals surface area contributed by atoms with Crippen molar-refractivity contribution in [2.45, 2.75) is 52.2 Å². The van der Waals surface area contributed by atoms with Gasteiger partial charge in [-0.2, -0.15) is 0 Å². The number of halogens is 2. The van der Waals surface area contributed by atoms with Crippen LogP contribution in [0.1, 0.15) is 37.0 Å². The molecule has 0 spiro atoms. The Hall–Kier alpha value is -3.07. The minimum atomic E-state index is -3.89. The molecule has 0 aliphatic carbocycles. The van der Waals surface area contributed by atoms with E-state index in [-0.39, 0.29) is 24.9 Å². The quantitative estimate of drug-likeness (QED) is 0.291. The van der Waals surface area contributed by atoms with E-state index < -0.39 is 28.5 Å². The first-order valence-electron chi connectivity index (χ1n) is 13.0. The third-order valence-corrected chi connectivity index (χ3v) is 8.47. The van der Waals surface area contributed by atoms with Crippen LogP contribution in [0.3, 0.4) is 0 Å². The van der Waals surface area contributed by atoms with Crippen molar-refractivity contribution in [3.8, 4) is 0 Å². The van der Waals surface area contributed by atoms with Gasteiger partial charge >= 0.3 is 0 Å². The summed E-state index contributed by atoms with van der Waals surface area (Å²) in [6.45, 7) is 5.10. The highest BCUT2D eigenvalue weighted by atomic mass is 35.5. The fourth-order valence-electron chi connectivity index (χ4n) is 4.29. The molecule has 0 aliphatic heterocycles. The van der Waals surface area contributed by atoms with E-state index in [4.69, 9.17) is 23.2 Å². The summed E-state index contributed by atoms with van der Waals surface area (Å²) in [6.07, 6.45) is 1.99. The lowest BCUT2D eigenvalue weighted by Crippen LogP contribution is -2.54. The molecule has 7 nitrogen and oxygen atoms in total. The van der Waals surface area contributed by atoms with Gasteiger partial charge < -0.3 is 10.2 Å². The van der Waals surface area contributed by atoms with Crippen LogP contribution in [0.5, 0.6) is 0 Å². The zero-order valence-corrected chi connectivity index (χ0v) is 25.4. The van der Waals surface area contributed by atoms with Crippen LogP contribution in [0.15, 0.2) is 72.8 Å². The molecule has 2 amide bonds. The number of hydrogen-bond acceptors (Lipinski definition) is 4. The Labute approximate surface area is 247 Å². The third kappa shape index (κ3) is 8.46. The lowest BCUT2D eigenvalue weighted by molar-refractivity contribution is -0.140.